The molecule has 0 aliphatic carbocycles. The molecule has 1 saturated heterocycles. The normalized spacial score (nSPS) is 19.1. The van der Waals surface area contributed by atoms with Crippen LogP contribution in [-0.2, 0) is 9.53 Å². The Morgan fingerprint density at radius 2 is 1.95 bits per heavy atom. The molecule has 1 fully saturated rings. The van der Waals surface area contributed by atoms with Gasteiger partial charge in [-0.15, -0.1) is 0 Å². The van der Waals surface area contributed by atoms with Crippen molar-refractivity contribution in [3.05, 3.63) is 72.6 Å². The standard InChI is InChI=1S/C30H33N3O6S/c1-4-6-21-26(29(35)36-5-2)27(19-7-9-22-23(15-19)38-17-37-22)33-28(34)24(40-30(33)31-21)16-20-8-10-25(39-20)32-13-11-18(3)12-14-32/h7-10,15-16,18,27H,4-6,11-14,17H2,1-3H3/b24-16+/t27-/m1/s1. The Balaban J connectivity index is 1.46. The number of esters is 1. The molecule has 3 aliphatic rings. The largest absolute Gasteiger partial charge is 0.463 e. The number of furan rings is 1. The van der Waals surface area contributed by atoms with Gasteiger partial charge in [0.1, 0.15) is 5.76 Å². The maximum absolute atomic E-state index is 14.0. The average Bonchev–Trinajstić information content (AvgIpc) is 3.68. The van der Waals surface area contributed by atoms with Gasteiger partial charge in [0, 0.05) is 25.2 Å². The summed E-state index contributed by atoms with van der Waals surface area (Å²) in [6, 6.07) is 8.65. The molecule has 1 atom stereocenters. The number of piperidine rings is 1. The molecule has 210 valence electrons. The first-order valence-electron chi connectivity index (χ1n) is 13.9. The minimum Gasteiger partial charge on any atom is -0.463 e. The summed E-state index contributed by atoms with van der Waals surface area (Å²) in [5, 5.41) is 0. The van der Waals surface area contributed by atoms with Gasteiger partial charge in [-0.2, -0.15) is 0 Å². The van der Waals surface area contributed by atoms with E-state index in [9.17, 15) is 9.59 Å². The summed E-state index contributed by atoms with van der Waals surface area (Å²) < 4.78 is 24.8. The zero-order valence-corrected chi connectivity index (χ0v) is 23.8. The molecule has 0 radical (unpaired) electrons. The van der Waals surface area contributed by atoms with Crippen LogP contribution in [0.5, 0.6) is 11.5 Å². The number of nitrogens with zero attached hydrogens (tertiary/aromatic N) is 3. The lowest BCUT2D eigenvalue weighted by Gasteiger charge is -2.29. The molecule has 6 rings (SSSR count). The zero-order valence-electron chi connectivity index (χ0n) is 23.0. The highest BCUT2D eigenvalue weighted by atomic mass is 32.1. The van der Waals surface area contributed by atoms with Crippen molar-refractivity contribution in [2.24, 2.45) is 10.9 Å². The van der Waals surface area contributed by atoms with Gasteiger partial charge in [0.2, 0.25) is 6.79 Å². The number of hydrogen-bond donors (Lipinski definition) is 0. The fourth-order valence-electron chi connectivity index (χ4n) is 5.47. The monoisotopic (exact) mass is 563 g/mol. The lowest BCUT2D eigenvalue weighted by atomic mass is 9.94. The lowest BCUT2D eigenvalue weighted by Crippen LogP contribution is -2.40. The van der Waals surface area contributed by atoms with E-state index in [0.29, 0.717) is 44.3 Å². The first-order valence-corrected chi connectivity index (χ1v) is 14.7. The minimum atomic E-state index is -0.712. The van der Waals surface area contributed by atoms with Gasteiger partial charge in [-0.3, -0.25) is 9.36 Å². The smallest absolute Gasteiger partial charge is 0.338 e. The molecule has 0 bridgehead atoms. The molecule has 10 heteroatoms. The fraction of sp³-hybridized carbons (Fsp3) is 0.433. The van der Waals surface area contributed by atoms with Gasteiger partial charge in [-0.1, -0.05) is 37.7 Å². The van der Waals surface area contributed by atoms with Gasteiger partial charge in [0.15, 0.2) is 22.2 Å². The topological polar surface area (TPSA) is 95.5 Å². The highest BCUT2D eigenvalue weighted by Crippen LogP contribution is 2.39. The number of rotatable bonds is 7. The molecule has 0 unspecified atom stereocenters. The van der Waals surface area contributed by atoms with Crippen LogP contribution in [0.1, 0.15) is 63.8 Å². The maximum Gasteiger partial charge on any atom is 0.338 e. The van der Waals surface area contributed by atoms with Crippen LogP contribution < -0.4 is 29.3 Å². The van der Waals surface area contributed by atoms with Gasteiger partial charge in [0.05, 0.1) is 28.5 Å². The second-order valence-electron chi connectivity index (χ2n) is 10.4. The second-order valence-corrected chi connectivity index (χ2v) is 11.4. The molecule has 0 amide bonds. The van der Waals surface area contributed by atoms with Crippen LogP contribution in [0.2, 0.25) is 0 Å². The van der Waals surface area contributed by atoms with Crippen molar-refractivity contribution < 1.29 is 23.4 Å². The first-order chi connectivity index (χ1) is 19.5. The Morgan fingerprint density at radius 1 is 1.15 bits per heavy atom. The van der Waals surface area contributed by atoms with E-state index in [2.05, 4.69) is 11.8 Å². The fourth-order valence-corrected chi connectivity index (χ4v) is 6.47. The summed E-state index contributed by atoms with van der Waals surface area (Å²) in [5.41, 5.74) is 1.49. The quantitative estimate of drug-likeness (QED) is 0.399. The molecule has 0 spiro atoms. The van der Waals surface area contributed by atoms with Crippen LogP contribution in [0.15, 0.2) is 55.8 Å². The van der Waals surface area contributed by atoms with Gasteiger partial charge in [-0.05, 0) is 55.9 Å². The number of anilines is 1. The highest BCUT2D eigenvalue weighted by molar-refractivity contribution is 7.07. The van der Waals surface area contributed by atoms with E-state index in [0.717, 1.165) is 49.7 Å². The summed E-state index contributed by atoms with van der Waals surface area (Å²) in [5.74, 6) is 2.88. The predicted molar refractivity (Wildman–Crippen MR) is 152 cm³/mol. The molecule has 3 aromatic rings. The molecule has 0 saturated carbocycles. The Labute approximate surface area is 236 Å². The van der Waals surface area contributed by atoms with Crippen LogP contribution in [0, 0.1) is 5.92 Å². The Kier molecular flexibility index (Phi) is 7.27. The SMILES string of the molecule is CCCC1=C(C(=O)OCC)[C@@H](c2ccc3c(c2)OCO3)n2c(s/c(=C/c3ccc(N4CCC(C)CC4)o3)c2=O)=N1. The van der Waals surface area contributed by atoms with E-state index in [4.69, 9.17) is 23.6 Å². The van der Waals surface area contributed by atoms with Crippen molar-refractivity contribution in [3.63, 3.8) is 0 Å². The summed E-state index contributed by atoms with van der Waals surface area (Å²) in [7, 11) is 0. The summed E-state index contributed by atoms with van der Waals surface area (Å²) in [6.45, 7) is 8.35. The number of hydrogen-bond acceptors (Lipinski definition) is 9. The second kappa shape index (κ2) is 11.0. The molecule has 2 aromatic heterocycles. The van der Waals surface area contributed by atoms with Crippen LogP contribution >= 0.6 is 11.3 Å². The third kappa shape index (κ3) is 4.85. The summed E-state index contributed by atoms with van der Waals surface area (Å²) in [6.07, 6.45) is 5.41. The Bertz CT molecular complexity index is 1640. The van der Waals surface area contributed by atoms with Gasteiger partial charge >= 0.3 is 5.97 Å². The molecule has 5 heterocycles. The third-order valence-electron chi connectivity index (χ3n) is 7.59. The van der Waals surface area contributed by atoms with Crippen molar-refractivity contribution in [1.82, 2.24) is 4.57 Å². The highest BCUT2D eigenvalue weighted by Gasteiger charge is 2.35. The Morgan fingerprint density at radius 3 is 2.73 bits per heavy atom. The zero-order chi connectivity index (χ0) is 27.8. The van der Waals surface area contributed by atoms with Crippen molar-refractivity contribution >= 4 is 29.3 Å². The van der Waals surface area contributed by atoms with Crippen molar-refractivity contribution in [3.8, 4) is 11.5 Å². The number of carbonyl (C=O) groups is 1. The molecular weight excluding hydrogens is 530 g/mol. The summed E-state index contributed by atoms with van der Waals surface area (Å²) >= 11 is 1.29. The molecular formula is C30H33N3O6S. The van der Waals surface area contributed by atoms with Gasteiger partial charge < -0.3 is 23.5 Å². The third-order valence-corrected chi connectivity index (χ3v) is 8.57. The first kappa shape index (κ1) is 26.4. The van der Waals surface area contributed by atoms with E-state index in [1.54, 1.807) is 17.6 Å². The minimum absolute atomic E-state index is 0.130. The molecule has 0 N–H and O–H groups in total. The van der Waals surface area contributed by atoms with Crippen molar-refractivity contribution in [2.75, 3.05) is 31.4 Å². The van der Waals surface area contributed by atoms with Gasteiger partial charge in [0.25, 0.3) is 5.56 Å². The Hall–Kier alpha value is -3.79. The molecule has 40 heavy (non-hydrogen) atoms. The van der Waals surface area contributed by atoms with Crippen LogP contribution in [0.3, 0.4) is 0 Å². The molecule has 1 aromatic carbocycles. The van der Waals surface area contributed by atoms with Crippen molar-refractivity contribution in [2.45, 2.75) is 52.5 Å². The van der Waals surface area contributed by atoms with E-state index >= 15 is 0 Å². The number of allylic oxidation sites excluding steroid dienone is 1. The van der Waals surface area contributed by atoms with E-state index < -0.39 is 12.0 Å². The van der Waals surface area contributed by atoms with Crippen LogP contribution in [0.4, 0.5) is 5.88 Å². The van der Waals surface area contributed by atoms with E-state index in [1.807, 2.05) is 37.3 Å². The van der Waals surface area contributed by atoms with Crippen LogP contribution in [0.25, 0.3) is 6.08 Å². The average molecular weight is 564 g/mol. The number of carbonyl (C=O) groups excluding carboxylic acids is 1. The molecule has 3 aliphatic heterocycles. The predicted octanol–water partition coefficient (Wildman–Crippen LogP) is 4.14. The summed E-state index contributed by atoms with van der Waals surface area (Å²) in [4.78, 5) is 34.9. The van der Waals surface area contributed by atoms with E-state index in [1.165, 1.54) is 11.3 Å². The number of fused-ring (bicyclic) bond motifs is 2. The van der Waals surface area contributed by atoms with E-state index in [-0.39, 0.29) is 19.0 Å². The number of aromatic nitrogens is 1. The number of ether oxygens (including phenoxy) is 3. The number of thiazole rings is 1. The van der Waals surface area contributed by atoms with Crippen LogP contribution in [-0.4, -0.2) is 37.0 Å². The molecule has 9 nitrogen and oxygen atoms in total. The lowest BCUT2D eigenvalue weighted by molar-refractivity contribution is -0.139. The van der Waals surface area contributed by atoms with Crippen molar-refractivity contribution in [1.29, 1.82) is 0 Å². The maximum atomic E-state index is 14.0. The number of benzene rings is 1. The van der Waals surface area contributed by atoms with Gasteiger partial charge in [-0.25, -0.2) is 9.79 Å².